The normalized spacial score (nSPS) is 55.8. The van der Waals surface area contributed by atoms with Crippen molar-refractivity contribution >= 4 is 0 Å². The van der Waals surface area contributed by atoms with Crippen LogP contribution in [-0.4, -0.2) is 78.0 Å². The van der Waals surface area contributed by atoms with Gasteiger partial charge in [0.15, 0.2) is 0 Å². The molecule has 0 heterocycles. The van der Waals surface area contributed by atoms with Crippen molar-refractivity contribution in [3.8, 4) is 0 Å². The molecule has 5 aliphatic rings. The Bertz CT molecular complexity index is 950. The van der Waals surface area contributed by atoms with E-state index in [1.165, 1.54) is 0 Å². The summed E-state index contributed by atoms with van der Waals surface area (Å²) in [7, 11) is 0. The monoisotopic (exact) mass is 580 g/mol. The zero-order chi connectivity index (χ0) is 30.4. The Morgan fingerprint density at radius 1 is 0.854 bits per heavy atom. The number of hydrogen-bond acceptors (Lipinski definition) is 7. The molecule has 0 bridgehead atoms. The van der Waals surface area contributed by atoms with Crippen LogP contribution in [0.1, 0.15) is 106 Å². The minimum atomic E-state index is -1.86. The zero-order valence-corrected chi connectivity index (χ0v) is 26.6. The number of aliphatic hydroxyl groups excluding tert-OH is 6. The molecule has 0 spiro atoms. The molecule has 41 heavy (non-hydrogen) atoms. The summed E-state index contributed by atoms with van der Waals surface area (Å²) in [6.07, 6.45) is 2.05. The van der Waals surface area contributed by atoms with Crippen LogP contribution in [0.5, 0.6) is 0 Å². The fourth-order valence-corrected chi connectivity index (χ4v) is 12.0. The topological polar surface area (TPSA) is 142 Å². The van der Waals surface area contributed by atoms with Gasteiger partial charge in [-0.3, -0.25) is 0 Å². The minimum Gasteiger partial charge on any atom is -0.393 e. The number of fused-ring (bicyclic) bond motifs is 3. The molecule has 5 aliphatic carbocycles. The second-order valence-electron chi connectivity index (χ2n) is 17.4. The fraction of sp³-hybridized carbons (Fsp3) is 1.00. The van der Waals surface area contributed by atoms with Crippen LogP contribution >= 0.6 is 0 Å². The van der Waals surface area contributed by atoms with Gasteiger partial charge in [0, 0.05) is 23.2 Å². The predicted molar refractivity (Wildman–Crippen MR) is 157 cm³/mol. The van der Waals surface area contributed by atoms with Crippen LogP contribution in [0.15, 0.2) is 0 Å². The molecular formula is C34H60O7. The summed E-state index contributed by atoms with van der Waals surface area (Å²) in [6, 6.07) is 0. The molecule has 7 nitrogen and oxygen atoms in total. The summed E-state index contributed by atoms with van der Waals surface area (Å²) in [5.41, 5.74) is -3.30. The van der Waals surface area contributed by atoms with E-state index in [0.29, 0.717) is 31.1 Å². The molecular weight excluding hydrogens is 520 g/mol. The summed E-state index contributed by atoms with van der Waals surface area (Å²) in [6.45, 7) is 14.1. The Labute approximate surface area is 247 Å². The molecule has 0 aromatic carbocycles. The summed E-state index contributed by atoms with van der Waals surface area (Å²) < 4.78 is 0. The molecule has 17 atom stereocenters. The van der Waals surface area contributed by atoms with E-state index in [4.69, 9.17) is 0 Å². The summed E-state index contributed by atoms with van der Waals surface area (Å²) >= 11 is 0. The van der Waals surface area contributed by atoms with E-state index >= 15 is 0 Å². The summed E-state index contributed by atoms with van der Waals surface area (Å²) in [5.74, 6) is -0.564. The smallest absolute Gasteiger partial charge is 0.122 e. The fourth-order valence-electron chi connectivity index (χ4n) is 12.0. The van der Waals surface area contributed by atoms with Crippen LogP contribution in [0, 0.1) is 63.6 Å². The lowest BCUT2D eigenvalue weighted by atomic mass is 9.38. The largest absolute Gasteiger partial charge is 0.393 e. The molecule has 0 amide bonds. The second-order valence-corrected chi connectivity index (χ2v) is 17.4. The van der Waals surface area contributed by atoms with Crippen LogP contribution in [0.2, 0.25) is 0 Å². The number of aliphatic hydroxyl groups is 7. The first-order chi connectivity index (χ1) is 18.9. The molecule has 0 aliphatic heterocycles. The maximum atomic E-state index is 12.3. The highest BCUT2D eigenvalue weighted by atomic mass is 16.4. The summed E-state index contributed by atoms with van der Waals surface area (Å²) in [5, 5.41) is 80.9. The van der Waals surface area contributed by atoms with Gasteiger partial charge < -0.3 is 35.7 Å². The molecule has 0 saturated heterocycles. The van der Waals surface area contributed by atoms with Crippen LogP contribution in [0.25, 0.3) is 0 Å². The quantitative estimate of drug-likeness (QED) is 0.271. The van der Waals surface area contributed by atoms with Gasteiger partial charge in [-0.1, -0.05) is 54.4 Å². The first-order valence-electron chi connectivity index (χ1n) is 16.7. The third-order valence-corrected chi connectivity index (χ3v) is 13.6. The van der Waals surface area contributed by atoms with E-state index in [1.54, 1.807) is 6.92 Å². The lowest BCUT2D eigenvalue weighted by Crippen LogP contribution is -2.78. The molecule has 5 saturated carbocycles. The zero-order valence-electron chi connectivity index (χ0n) is 26.6. The molecule has 7 heteroatoms. The highest BCUT2D eigenvalue weighted by molar-refractivity contribution is 5.22. The van der Waals surface area contributed by atoms with Crippen molar-refractivity contribution in [3.05, 3.63) is 0 Å². The summed E-state index contributed by atoms with van der Waals surface area (Å²) in [4.78, 5) is 0. The van der Waals surface area contributed by atoms with Gasteiger partial charge in [0.25, 0.3) is 0 Å². The van der Waals surface area contributed by atoms with Crippen LogP contribution < -0.4 is 0 Å². The Kier molecular flexibility index (Phi) is 8.36. The van der Waals surface area contributed by atoms with Crippen molar-refractivity contribution in [2.24, 2.45) is 63.6 Å². The Morgan fingerprint density at radius 2 is 1.51 bits per heavy atom. The van der Waals surface area contributed by atoms with E-state index in [2.05, 4.69) is 27.7 Å². The molecule has 0 aromatic rings. The third kappa shape index (κ3) is 4.87. The first-order valence-corrected chi connectivity index (χ1v) is 16.7. The molecule has 7 N–H and O–H groups in total. The van der Waals surface area contributed by atoms with Crippen molar-refractivity contribution in [2.75, 3.05) is 0 Å². The van der Waals surface area contributed by atoms with Crippen molar-refractivity contribution < 1.29 is 35.7 Å². The standard InChI is InChI=1S/C34H60O7/c1-17-14-33(7)16-32(6)15-22-21(19-9-8-10-20(13-19)28(38)31(3,4)5)11-12-23(36)25(22)27(37)26(32)30(40)34(33,41)29(39)24(17)18(2)35/h17-30,35-41H,8-16H2,1-7H3. The number of rotatable bonds is 3. The van der Waals surface area contributed by atoms with Gasteiger partial charge in [0.2, 0.25) is 0 Å². The second kappa shape index (κ2) is 10.7. The highest BCUT2D eigenvalue weighted by Crippen LogP contribution is 2.68. The maximum Gasteiger partial charge on any atom is 0.122 e. The van der Waals surface area contributed by atoms with Gasteiger partial charge in [-0.15, -0.1) is 0 Å². The van der Waals surface area contributed by atoms with Crippen LogP contribution in [0.4, 0.5) is 0 Å². The SMILES string of the molecule is CC(O)C1C(C)CC2(C)CC3(C)CC4C(C5CCCC(C(O)C(C)(C)C)C5)CCC(O)C4C(O)C3C(O)C2(O)C1O. The van der Waals surface area contributed by atoms with E-state index in [-0.39, 0.29) is 29.3 Å². The van der Waals surface area contributed by atoms with Crippen molar-refractivity contribution in [3.63, 3.8) is 0 Å². The average molecular weight is 581 g/mol. The van der Waals surface area contributed by atoms with Gasteiger partial charge in [0.05, 0.1) is 36.6 Å². The lowest BCUT2D eigenvalue weighted by Gasteiger charge is -2.69. The van der Waals surface area contributed by atoms with Gasteiger partial charge in [-0.05, 0) is 92.3 Å². The minimum absolute atomic E-state index is 0.0402. The van der Waals surface area contributed by atoms with Gasteiger partial charge >= 0.3 is 0 Å². The third-order valence-electron chi connectivity index (χ3n) is 13.6. The molecule has 5 fully saturated rings. The van der Waals surface area contributed by atoms with Gasteiger partial charge in [-0.2, -0.15) is 0 Å². The van der Waals surface area contributed by atoms with Crippen molar-refractivity contribution in [2.45, 2.75) is 148 Å². The molecule has 5 rings (SSSR count). The first kappa shape index (κ1) is 32.1. The molecule has 17 unspecified atom stereocenters. The average Bonchev–Trinajstić information content (AvgIpc) is 2.85. The molecule has 0 aromatic heterocycles. The van der Waals surface area contributed by atoms with Crippen LogP contribution in [0.3, 0.4) is 0 Å². The van der Waals surface area contributed by atoms with Crippen molar-refractivity contribution in [1.82, 2.24) is 0 Å². The van der Waals surface area contributed by atoms with E-state index < -0.39 is 64.7 Å². The highest BCUT2D eigenvalue weighted by Gasteiger charge is 2.73. The van der Waals surface area contributed by atoms with Gasteiger partial charge in [-0.25, -0.2) is 0 Å². The Hall–Kier alpha value is -0.280. The lowest BCUT2D eigenvalue weighted by molar-refractivity contribution is -0.333. The van der Waals surface area contributed by atoms with E-state index in [1.807, 2.05) is 13.8 Å². The molecule has 238 valence electrons. The van der Waals surface area contributed by atoms with Crippen molar-refractivity contribution in [1.29, 1.82) is 0 Å². The predicted octanol–water partition coefficient (Wildman–Crippen LogP) is 3.49. The number of hydrogen-bond donors (Lipinski definition) is 7. The Morgan fingerprint density at radius 3 is 2.12 bits per heavy atom. The van der Waals surface area contributed by atoms with E-state index in [9.17, 15) is 35.7 Å². The van der Waals surface area contributed by atoms with Gasteiger partial charge in [0.1, 0.15) is 5.60 Å². The van der Waals surface area contributed by atoms with E-state index in [0.717, 1.165) is 38.5 Å². The Balaban J connectivity index is 1.47. The van der Waals surface area contributed by atoms with Crippen LogP contribution in [-0.2, 0) is 0 Å². The molecule has 0 radical (unpaired) electrons. The maximum absolute atomic E-state index is 12.3.